The molecule has 1 N–H and O–H groups in total. The van der Waals surface area contributed by atoms with Crippen LogP contribution >= 0.6 is 0 Å². The van der Waals surface area contributed by atoms with Gasteiger partial charge in [0.25, 0.3) is 0 Å². The van der Waals surface area contributed by atoms with Crippen molar-refractivity contribution in [2.24, 2.45) is 0 Å². The molecule has 0 aliphatic carbocycles. The maximum Gasteiger partial charge on any atom is 0.223 e. The fraction of sp³-hybridized carbons (Fsp3) is 0.321. The highest BCUT2D eigenvalue weighted by molar-refractivity contribution is 7.80. The second-order valence-corrected chi connectivity index (χ2v) is 9.94. The molecule has 208 valence electrons. The molecule has 0 spiro atoms. The second kappa shape index (κ2) is 13.7. The van der Waals surface area contributed by atoms with E-state index in [0.29, 0.717) is 5.75 Å². The van der Waals surface area contributed by atoms with Crippen molar-refractivity contribution in [3.05, 3.63) is 102 Å². The van der Waals surface area contributed by atoms with Gasteiger partial charge in [0.15, 0.2) is 0 Å². The van der Waals surface area contributed by atoms with Gasteiger partial charge in [-0.2, -0.15) is 0 Å². The normalized spacial score (nSPS) is 23.2. The van der Waals surface area contributed by atoms with Crippen molar-refractivity contribution < 1.29 is 40.9 Å². The molecule has 0 saturated carbocycles. The first kappa shape index (κ1) is 28.7. The van der Waals surface area contributed by atoms with E-state index in [1.54, 1.807) is 24.3 Å². The summed E-state index contributed by atoms with van der Waals surface area (Å²) < 4.78 is 64.6. The smallest absolute Gasteiger partial charge is 0.223 e. The van der Waals surface area contributed by atoms with Gasteiger partial charge in [-0.05, 0) is 23.3 Å². The van der Waals surface area contributed by atoms with Gasteiger partial charge in [0, 0.05) is 6.92 Å². The van der Waals surface area contributed by atoms with Gasteiger partial charge in [-0.3, -0.25) is 8.98 Å². The molecule has 0 radical (unpaired) electrons. The molecule has 1 fully saturated rings. The standard InChI is InChI=1S/C28H31NO9S/c1-20(30)29-25-27(35-18-22-13-7-3-8-14-22)26(38-39(31,32)33)24(19-34-17-21-11-5-2-6-12-21)37-28(25)36-23-15-9-4-10-16-23/h2-16,24-28H,17-19H2,1H3,(H,29,30)(H,31,32,33)/p-1/t24?,25?,26?,27?,28-/m1/s1. The number of rotatable bonds is 12. The third-order valence-corrected chi connectivity index (χ3v) is 6.38. The van der Waals surface area contributed by atoms with Crippen molar-refractivity contribution in [2.45, 2.75) is 50.8 Å². The summed E-state index contributed by atoms with van der Waals surface area (Å²) in [7, 11) is -5.20. The third kappa shape index (κ3) is 8.85. The summed E-state index contributed by atoms with van der Waals surface area (Å²) in [6.07, 6.45) is -4.83. The van der Waals surface area contributed by atoms with Gasteiger partial charge in [-0.1, -0.05) is 78.9 Å². The largest absolute Gasteiger partial charge is 0.726 e. The quantitative estimate of drug-likeness (QED) is 0.264. The summed E-state index contributed by atoms with van der Waals surface area (Å²) in [5, 5.41) is 2.73. The average molecular weight is 557 g/mol. The van der Waals surface area contributed by atoms with Crippen LogP contribution < -0.4 is 10.1 Å². The van der Waals surface area contributed by atoms with Gasteiger partial charge in [-0.15, -0.1) is 0 Å². The number of benzene rings is 3. The summed E-state index contributed by atoms with van der Waals surface area (Å²) in [5.41, 5.74) is 1.67. The summed E-state index contributed by atoms with van der Waals surface area (Å²) in [6, 6.07) is 26.2. The van der Waals surface area contributed by atoms with Gasteiger partial charge < -0.3 is 28.8 Å². The minimum Gasteiger partial charge on any atom is -0.726 e. The number of para-hydroxylation sites is 1. The number of carbonyl (C=O) groups is 1. The number of nitrogens with one attached hydrogen (secondary N) is 1. The Balaban J connectivity index is 1.65. The van der Waals surface area contributed by atoms with E-state index in [2.05, 4.69) is 5.32 Å². The zero-order chi connectivity index (χ0) is 27.7. The highest BCUT2D eigenvalue weighted by Gasteiger charge is 2.50. The number of amides is 1. The SMILES string of the molecule is CC(=O)NC1C(OCc2ccccc2)C(OS(=O)(=O)[O-])C(COCc2ccccc2)O[C@H]1Oc1ccccc1. The molecule has 10 nitrogen and oxygen atoms in total. The van der Waals surface area contributed by atoms with E-state index in [9.17, 15) is 17.8 Å². The molecular weight excluding hydrogens is 526 g/mol. The molecule has 11 heteroatoms. The Morgan fingerprint density at radius 3 is 2.00 bits per heavy atom. The average Bonchev–Trinajstić information content (AvgIpc) is 2.91. The molecule has 3 aromatic carbocycles. The molecule has 1 aliphatic rings. The highest BCUT2D eigenvalue weighted by Crippen LogP contribution is 2.30. The van der Waals surface area contributed by atoms with E-state index >= 15 is 0 Å². The van der Waals surface area contributed by atoms with Crippen LogP contribution in [0.2, 0.25) is 0 Å². The second-order valence-electron chi connectivity index (χ2n) is 8.93. The van der Waals surface area contributed by atoms with Crippen LogP contribution in [0.4, 0.5) is 0 Å². The van der Waals surface area contributed by atoms with Crippen molar-refractivity contribution in [3.63, 3.8) is 0 Å². The molecule has 3 aromatic rings. The molecule has 1 aliphatic heterocycles. The predicted molar refractivity (Wildman–Crippen MR) is 139 cm³/mol. The molecule has 4 rings (SSSR count). The topological polar surface area (TPSA) is 132 Å². The highest BCUT2D eigenvalue weighted by atomic mass is 32.3. The first-order valence-corrected chi connectivity index (χ1v) is 13.7. The van der Waals surface area contributed by atoms with Crippen LogP contribution in [0.25, 0.3) is 0 Å². The van der Waals surface area contributed by atoms with Crippen LogP contribution in [-0.2, 0) is 46.8 Å². The first-order chi connectivity index (χ1) is 18.8. The Morgan fingerprint density at radius 1 is 0.872 bits per heavy atom. The maximum absolute atomic E-state index is 12.2. The third-order valence-electron chi connectivity index (χ3n) is 5.92. The Hall–Kier alpha value is -3.32. The molecular formula is C28H30NO9S-. The van der Waals surface area contributed by atoms with Crippen molar-refractivity contribution >= 4 is 16.3 Å². The van der Waals surface area contributed by atoms with E-state index in [0.717, 1.165) is 11.1 Å². The van der Waals surface area contributed by atoms with Crippen LogP contribution in [0.5, 0.6) is 5.75 Å². The Bertz CT molecular complexity index is 1280. The van der Waals surface area contributed by atoms with Crippen LogP contribution in [0.1, 0.15) is 18.1 Å². The van der Waals surface area contributed by atoms with Gasteiger partial charge in [-0.25, -0.2) is 8.42 Å². The minimum atomic E-state index is -5.20. The number of ether oxygens (including phenoxy) is 4. The van der Waals surface area contributed by atoms with E-state index < -0.39 is 46.9 Å². The van der Waals surface area contributed by atoms with Crippen molar-refractivity contribution in [1.29, 1.82) is 0 Å². The fourth-order valence-electron chi connectivity index (χ4n) is 4.24. The monoisotopic (exact) mass is 556 g/mol. The number of hydrogen-bond donors (Lipinski definition) is 1. The van der Waals surface area contributed by atoms with E-state index in [4.69, 9.17) is 23.1 Å². The molecule has 0 bridgehead atoms. The lowest BCUT2D eigenvalue weighted by Crippen LogP contribution is -2.67. The van der Waals surface area contributed by atoms with Crippen LogP contribution in [0.3, 0.4) is 0 Å². The van der Waals surface area contributed by atoms with Crippen molar-refractivity contribution in [1.82, 2.24) is 5.32 Å². The van der Waals surface area contributed by atoms with E-state index in [1.807, 2.05) is 66.7 Å². The summed E-state index contributed by atoms with van der Waals surface area (Å²) in [4.78, 5) is 12.2. The minimum absolute atomic E-state index is 0.0377. The van der Waals surface area contributed by atoms with Gasteiger partial charge in [0.1, 0.15) is 30.1 Å². The zero-order valence-electron chi connectivity index (χ0n) is 21.3. The Kier molecular flexibility index (Phi) is 10.0. The summed E-state index contributed by atoms with van der Waals surface area (Å²) >= 11 is 0. The molecule has 4 unspecified atom stereocenters. The van der Waals surface area contributed by atoms with Crippen LogP contribution in [-0.4, -0.2) is 56.1 Å². The summed E-state index contributed by atoms with van der Waals surface area (Å²) in [5.74, 6) is 0.000473. The molecule has 5 atom stereocenters. The van der Waals surface area contributed by atoms with Gasteiger partial charge in [0.2, 0.25) is 22.6 Å². The zero-order valence-corrected chi connectivity index (χ0v) is 22.1. The van der Waals surface area contributed by atoms with Crippen molar-refractivity contribution in [3.8, 4) is 5.75 Å². The fourth-order valence-corrected chi connectivity index (χ4v) is 4.75. The van der Waals surface area contributed by atoms with Crippen molar-refractivity contribution in [2.75, 3.05) is 6.61 Å². The van der Waals surface area contributed by atoms with E-state index in [-0.39, 0.29) is 19.8 Å². The number of carbonyl (C=O) groups excluding carboxylic acids is 1. The predicted octanol–water partition coefficient (Wildman–Crippen LogP) is 2.94. The molecule has 1 amide bonds. The first-order valence-electron chi connectivity index (χ1n) is 12.3. The molecule has 0 aromatic heterocycles. The van der Waals surface area contributed by atoms with Gasteiger partial charge >= 0.3 is 0 Å². The molecule has 1 saturated heterocycles. The Morgan fingerprint density at radius 2 is 1.44 bits per heavy atom. The lowest BCUT2D eigenvalue weighted by Gasteiger charge is -2.45. The molecule has 1 heterocycles. The maximum atomic E-state index is 12.2. The molecule has 39 heavy (non-hydrogen) atoms. The summed E-state index contributed by atoms with van der Waals surface area (Å²) in [6.45, 7) is 1.38. The Labute approximate surface area is 227 Å². The van der Waals surface area contributed by atoms with E-state index in [1.165, 1.54) is 6.92 Å². The lowest BCUT2D eigenvalue weighted by molar-refractivity contribution is -0.253. The van der Waals surface area contributed by atoms with Crippen LogP contribution in [0, 0.1) is 0 Å². The van der Waals surface area contributed by atoms with Crippen LogP contribution in [0.15, 0.2) is 91.0 Å². The lowest BCUT2D eigenvalue weighted by atomic mass is 9.96. The van der Waals surface area contributed by atoms with Gasteiger partial charge in [0.05, 0.1) is 19.8 Å². The number of hydrogen-bond acceptors (Lipinski definition) is 9.